The molecular weight excluding hydrogens is 218 g/mol. The summed E-state index contributed by atoms with van der Waals surface area (Å²) in [5, 5.41) is 0. The molecule has 1 saturated heterocycles. The van der Waals surface area contributed by atoms with Crippen LogP contribution >= 0.6 is 0 Å². The van der Waals surface area contributed by atoms with E-state index in [2.05, 4.69) is 4.98 Å². The van der Waals surface area contributed by atoms with Gasteiger partial charge in [-0.15, -0.1) is 0 Å². The van der Waals surface area contributed by atoms with Crippen LogP contribution in [0, 0.1) is 6.92 Å². The number of imide groups is 1. The molecule has 0 N–H and O–H groups in total. The van der Waals surface area contributed by atoms with Gasteiger partial charge in [0.2, 0.25) is 11.8 Å². The van der Waals surface area contributed by atoms with Gasteiger partial charge in [-0.1, -0.05) is 6.07 Å². The lowest BCUT2D eigenvalue weighted by Gasteiger charge is -2.10. The third kappa shape index (κ3) is 1.35. The van der Waals surface area contributed by atoms with Crippen LogP contribution < -0.4 is 4.90 Å². The molecule has 0 unspecified atom stereocenters. The Morgan fingerprint density at radius 2 is 1.88 bits per heavy atom. The van der Waals surface area contributed by atoms with E-state index in [0.717, 1.165) is 11.3 Å². The van der Waals surface area contributed by atoms with Gasteiger partial charge in [-0.3, -0.25) is 9.59 Å². The van der Waals surface area contributed by atoms with Crippen molar-refractivity contribution in [3.8, 4) is 0 Å². The van der Waals surface area contributed by atoms with Crippen LogP contribution in [0.2, 0.25) is 0 Å². The molecule has 1 aliphatic rings. The molecule has 2 aromatic rings. The maximum atomic E-state index is 11.7. The van der Waals surface area contributed by atoms with E-state index < -0.39 is 0 Å². The lowest BCUT2D eigenvalue weighted by atomic mass is 10.4. The number of carbonyl (C=O) groups excluding carboxylic acids is 2. The Balaban J connectivity index is 2.21. The maximum Gasteiger partial charge on any atom is 0.235 e. The van der Waals surface area contributed by atoms with Crippen molar-refractivity contribution in [2.45, 2.75) is 19.8 Å². The van der Waals surface area contributed by atoms with E-state index in [9.17, 15) is 9.59 Å². The number of aryl methyl sites for hydroxylation is 1. The van der Waals surface area contributed by atoms with Gasteiger partial charge in [-0.2, -0.15) is 0 Å². The zero-order valence-corrected chi connectivity index (χ0v) is 9.38. The first-order valence-corrected chi connectivity index (χ1v) is 5.48. The number of hydrogen-bond donors (Lipinski definition) is 0. The van der Waals surface area contributed by atoms with E-state index in [1.165, 1.54) is 4.90 Å². The van der Waals surface area contributed by atoms with Gasteiger partial charge in [0.05, 0.1) is 5.69 Å². The molecule has 1 fully saturated rings. The second-order valence-corrected chi connectivity index (χ2v) is 4.07. The quantitative estimate of drug-likeness (QED) is 0.692. The van der Waals surface area contributed by atoms with Gasteiger partial charge in [-0.05, 0) is 19.1 Å². The molecule has 0 atom stereocenters. The Bertz CT molecular complexity index is 614. The van der Waals surface area contributed by atoms with Crippen molar-refractivity contribution in [3.05, 3.63) is 30.1 Å². The van der Waals surface area contributed by atoms with E-state index >= 15 is 0 Å². The molecule has 0 aromatic carbocycles. The normalized spacial score (nSPS) is 16.2. The van der Waals surface area contributed by atoms with E-state index in [4.69, 9.17) is 0 Å². The van der Waals surface area contributed by atoms with Crippen molar-refractivity contribution in [1.82, 2.24) is 9.38 Å². The average Bonchev–Trinajstić information content (AvgIpc) is 2.82. The van der Waals surface area contributed by atoms with Gasteiger partial charge < -0.3 is 4.40 Å². The predicted molar refractivity (Wildman–Crippen MR) is 61.7 cm³/mol. The largest absolute Gasteiger partial charge is 0.302 e. The van der Waals surface area contributed by atoms with Crippen molar-refractivity contribution in [3.63, 3.8) is 0 Å². The van der Waals surface area contributed by atoms with Crippen molar-refractivity contribution < 1.29 is 9.59 Å². The van der Waals surface area contributed by atoms with Crippen LogP contribution in [0.15, 0.2) is 24.4 Å². The standard InChI is InChI=1S/C12H11N3O2/c1-8-12(15-10(16)5-6-11(15)17)13-9-4-2-3-7-14(8)9/h2-4,7H,5-6H2,1H3. The Hall–Kier alpha value is -2.17. The molecule has 0 radical (unpaired) electrons. The van der Waals surface area contributed by atoms with Gasteiger partial charge in [0.25, 0.3) is 0 Å². The molecule has 86 valence electrons. The highest BCUT2D eigenvalue weighted by Crippen LogP contribution is 2.25. The first kappa shape index (κ1) is 10.0. The fraction of sp³-hybridized carbons (Fsp3) is 0.250. The number of anilines is 1. The number of rotatable bonds is 1. The van der Waals surface area contributed by atoms with Crippen molar-refractivity contribution >= 4 is 23.3 Å². The summed E-state index contributed by atoms with van der Waals surface area (Å²) in [5.41, 5.74) is 1.55. The maximum absolute atomic E-state index is 11.7. The molecular formula is C12H11N3O2. The lowest BCUT2D eigenvalue weighted by molar-refractivity contribution is -0.121. The lowest BCUT2D eigenvalue weighted by Crippen LogP contribution is -2.29. The van der Waals surface area contributed by atoms with E-state index in [0.29, 0.717) is 5.82 Å². The topological polar surface area (TPSA) is 54.7 Å². The minimum Gasteiger partial charge on any atom is -0.302 e. The number of fused-ring (bicyclic) bond motifs is 1. The summed E-state index contributed by atoms with van der Waals surface area (Å²) in [6.45, 7) is 1.86. The van der Waals surface area contributed by atoms with E-state index in [1.54, 1.807) is 0 Å². The first-order chi connectivity index (χ1) is 8.18. The fourth-order valence-corrected chi connectivity index (χ4v) is 2.13. The van der Waals surface area contributed by atoms with Gasteiger partial charge in [-0.25, -0.2) is 9.88 Å². The summed E-state index contributed by atoms with van der Waals surface area (Å²) in [4.78, 5) is 28.9. The van der Waals surface area contributed by atoms with Crippen LogP contribution in [0.4, 0.5) is 5.82 Å². The number of hydrogen-bond acceptors (Lipinski definition) is 3. The summed E-state index contributed by atoms with van der Waals surface area (Å²) < 4.78 is 1.87. The monoisotopic (exact) mass is 229 g/mol. The summed E-state index contributed by atoms with van der Waals surface area (Å²) in [6.07, 6.45) is 2.44. The molecule has 2 amide bonds. The summed E-state index contributed by atoms with van der Waals surface area (Å²) in [6, 6.07) is 5.61. The molecule has 0 aliphatic carbocycles. The predicted octanol–water partition coefficient (Wildman–Crippen LogP) is 1.30. The zero-order chi connectivity index (χ0) is 12.0. The van der Waals surface area contributed by atoms with Gasteiger partial charge in [0.1, 0.15) is 5.65 Å². The van der Waals surface area contributed by atoms with E-state index in [1.807, 2.05) is 35.7 Å². The summed E-state index contributed by atoms with van der Waals surface area (Å²) in [5.74, 6) is 0.131. The van der Waals surface area contributed by atoms with Crippen LogP contribution in [-0.2, 0) is 9.59 Å². The molecule has 5 heteroatoms. The van der Waals surface area contributed by atoms with Gasteiger partial charge in [0.15, 0.2) is 5.82 Å². The Labute approximate surface area is 97.7 Å². The van der Waals surface area contributed by atoms with Crippen molar-refractivity contribution in [2.24, 2.45) is 0 Å². The van der Waals surface area contributed by atoms with Crippen molar-refractivity contribution in [2.75, 3.05) is 4.90 Å². The zero-order valence-electron chi connectivity index (χ0n) is 9.38. The average molecular weight is 229 g/mol. The third-order valence-electron chi connectivity index (χ3n) is 3.01. The highest BCUT2D eigenvalue weighted by Gasteiger charge is 2.33. The molecule has 3 rings (SSSR count). The highest BCUT2D eigenvalue weighted by atomic mass is 16.2. The Morgan fingerprint density at radius 1 is 1.18 bits per heavy atom. The number of aromatic nitrogens is 2. The SMILES string of the molecule is Cc1c(N2C(=O)CCC2=O)nc2ccccn12. The second-order valence-electron chi connectivity index (χ2n) is 4.07. The van der Waals surface area contributed by atoms with Crippen LogP contribution in [0.25, 0.3) is 5.65 Å². The van der Waals surface area contributed by atoms with Crippen LogP contribution in [0.5, 0.6) is 0 Å². The van der Waals surface area contributed by atoms with Crippen LogP contribution in [-0.4, -0.2) is 21.2 Å². The van der Waals surface area contributed by atoms with Gasteiger partial charge >= 0.3 is 0 Å². The summed E-state index contributed by atoms with van der Waals surface area (Å²) >= 11 is 0. The minimum atomic E-state index is -0.165. The molecule has 0 saturated carbocycles. The molecule has 5 nitrogen and oxygen atoms in total. The molecule has 1 aliphatic heterocycles. The number of pyridine rings is 1. The number of carbonyl (C=O) groups is 2. The third-order valence-corrected chi connectivity index (χ3v) is 3.01. The summed E-state index contributed by atoms with van der Waals surface area (Å²) in [7, 11) is 0. The smallest absolute Gasteiger partial charge is 0.235 e. The Morgan fingerprint density at radius 3 is 2.53 bits per heavy atom. The highest BCUT2D eigenvalue weighted by molar-refractivity contribution is 6.19. The Kier molecular flexibility index (Phi) is 2.01. The van der Waals surface area contributed by atoms with Crippen LogP contribution in [0.3, 0.4) is 0 Å². The molecule has 3 heterocycles. The fourth-order valence-electron chi connectivity index (χ4n) is 2.13. The number of amides is 2. The minimum absolute atomic E-state index is 0.165. The molecule has 17 heavy (non-hydrogen) atoms. The molecule has 0 bridgehead atoms. The number of imidazole rings is 1. The van der Waals surface area contributed by atoms with E-state index in [-0.39, 0.29) is 24.7 Å². The second kappa shape index (κ2) is 3.41. The number of nitrogens with zero attached hydrogens (tertiary/aromatic N) is 3. The van der Waals surface area contributed by atoms with Gasteiger partial charge in [0, 0.05) is 19.0 Å². The molecule has 2 aromatic heterocycles. The van der Waals surface area contributed by atoms with Crippen molar-refractivity contribution in [1.29, 1.82) is 0 Å². The van der Waals surface area contributed by atoms with Crippen LogP contribution in [0.1, 0.15) is 18.5 Å². The molecule has 0 spiro atoms. The first-order valence-electron chi connectivity index (χ1n) is 5.48.